The van der Waals surface area contributed by atoms with Gasteiger partial charge in [0.15, 0.2) is 17.2 Å². The molecule has 0 fully saturated rings. The quantitative estimate of drug-likeness (QED) is 0.402. The third-order valence-corrected chi connectivity index (χ3v) is 4.30. The highest BCUT2D eigenvalue weighted by molar-refractivity contribution is 6.32. The van der Waals surface area contributed by atoms with E-state index in [2.05, 4.69) is 4.99 Å². The van der Waals surface area contributed by atoms with E-state index in [4.69, 9.17) is 30.5 Å². The highest BCUT2D eigenvalue weighted by atomic mass is 35.5. The predicted molar refractivity (Wildman–Crippen MR) is 108 cm³/mol. The van der Waals surface area contributed by atoms with Crippen molar-refractivity contribution in [1.82, 2.24) is 0 Å². The summed E-state index contributed by atoms with van der Waals surface area (Å²) in [7, 11) is 2.99. The summed E-state index contributed by atoms with van der Waals surface area (Å²) >= 11 is 6.24. The van der Waals surface area contributed by atoms with Gasteiger partial charge in [-0.15, -0.1) is 0 Å². The van der Waals surface area contributed by atoms with E-state index in [1.165, 1.54) is 13.2 Å². The van der Waals surface area contributed by atoms with E-state index in [1.807, 2.05) is 0 Å². The van der Waals surface area contributed by atoms with Crippen LogP contribution in [0.5, 0.6) is 17.2 Å². The fourth-order valence-corrected chi connectivity index (χ4v) is 2.79. The van der Waals surface area contributed by atoms with Gasteiger partial charge in [-0.1, -0.05) is 18.5 Å². The van der Waals surface area contributed by atoms with Crippen LogP contribution in [0.25, 0.3) is 6.08 Å². The Morgan fingerprint density at radius 2 is 1.90 bits per heavy atom. The van der Waals surface area contributed by atoms with Crippen molar-refractivity contribution < 1.29 is 28.5 Å². The van der Waals surface area contributed by atoms with Gasteiger partial charge in [0.2, 0.25) is 5.90 Å². The molecule has 2 aromatic rings. The number of hydrogen-bond acceptors (Lipinski definition) is 7. The number of ether oxygens (including phenoxy) is 4. The molecule has 0 saturated carbocycles. The first-order valence-electron chi connectivity index (χ1n) is 8.70. The molecule has 1 heterocycles. The number of esters is 2. The minimum Gasteiger partial charge on any atom is -0.497 e. The summed E-state index contributed by atoms with van der Waals surface area (Å²) in [6.07, 6.45) is 1.71. The summed E-state index contributed by atoms with van der Waals surface area (Å²) in [5.74, 6) is 0.226. The number of aliphatic imine (C=N–C) groups is 1. The Balaban J connectivity index is 1.92. The topological polar surface area (TPSA) is 83.4 Å². The van der Waals surface area contributed by atoms with E-state index in [-0.39, 0.29) is 34.5 Å². The zero-order chi connectivity index (χ0) is 21.0. The number of benzene rings is 2. The lowest BCUT2D eigenvalue weighted by Crippen LogP contribution is -2.07. The highest BCUT2D eigenvalue weighted by Crippen LogP contribution is 2.37. The van der Waals surface area contributed by atoms with E-state index >= 15 is 0 Å². The molecule has 0 spiro atoms. The molecule has 0 amide bonds. The highest BCUT2D eigenvalue weighted by Gasteiger charge is 2.24. The van der Waals surface area contributed by atoms with Gasteiger partial charge in [-0.3, -0.25) is 4.79 Å². The number of carbonyl (C=O) groups is 2. The standard InChI is InChI=1S/C21H18ClNO6/c1-4-18(24)28-19-15(22)9-12(11-17(19)27-3)10-16-21(25)29-20(23-16)13-5-7-14(26-2)8-6-13/h5-11H,4H2,1-3H3. The number of cyclic esters (lactones) is 1. The monoisotopic (exact) mass is 415 g/mol. The van der Waals surface area contributed by atoms with Crippen LogP contribution in [0.2, 0.25) is 5.02 Å². The lowest BCUT2D eigenvalue weighted by Gasteiger charge is -2.11. The molecule has 1 aliphatic rings. The number of carbonyl (C=O) groups excluding carboxylic acids is 2. The second-order valence-electron chi connectivity index (χ2n) is 5.93. The van der Waals surface area contributed by atoms with Crippen LogP contribution >= 0.6 is 11.6 Å². The Hall–Kier alpha value is -3.32. The summed E-state index contributed by atoms with van der Waals surface area (Å²) in [4.78, 5) is 28.1. The maximum absolute atomic E-state index is 12.2. The van der Waals surface area contributed by atoms with Crippen molar-refractivity contribution in [2.45, 2.75) is 13.3 Å². The molecule has 0 aromatic heterocycles. The molecule has 0 N–H and O–H groups in total. The van der Waals surface area contributed by atoms with Crippen molar-refractivity contribution in [2.24, 2.45) is 4.99 Å². The lowest BCUT2D eigenvalue weighted by molar-refractivity contribution is -0.134. The summed E-state index contributed by atoms with van der Waals surface area (Å²) in [6.45, 7) is 1.67. The number of rotatable bonds is 6. The summed E-state index contributed by atoms with van der Waals surface area (Å²) < 4.78 is 20.8. The van der Waals surface area contributed by atoms with Crippen LogP contribution < -0.4 is 14.2 Å². The van der Waals surface area contributed by atoms with Gasteiger partial charge in [0.25, 0.3) is 0 Å². The first kappa shape index (κ1) is 20.4. The third-order valence-electron chi connectivity index (χ3n) is 4.02. The van der Waals surface area contributed by atoms with Gasteiger partial charge < -0.3 is 18.9 Å². The van der Waals surface area contributed by atoms with Crippen molar-refractivity contribution in [2.75, 3.05) is 14.2 Å². The molecule has 3 rings (SSSR count). The Morgan fingerprint density at radius 1 is 1.17 bits per heavy atom. The second-order valence-corrected chi connectivity index (χ2v) is 6.33. The van der Waals surface area contributed by atoms with Gasteiger partial charge in [0.05, 0.1) is 19.2 Å². The minimum atomic E-state index is -0.590. The SMILES string of the molecule is CCC(=O)Oc1c(Cl)cc(C=C2N=C(c3ccc(OC)cc3)OC2=O)cc1OC. The maximum atomic E-state index is 12.2. The van der Waals surface area contributed by atoms with Crippen LogP contribution in [-0.4, -0.2) is 32.1 Å². The normalized spacial score (nSPS) is 14.4. The molecular formula is C21H18ClNO6. The largest absolute Gasteiger partial charge is 0.497 e. The average molecular weight is 416 g/mol. The molecule has 0 aliphatic carbocycles. The molecule has 1 aliphatic heterocycles. The van der Waals surface area contributed by atoms with Crippen LogP contribution in [0.15, 0.2) is 47.1 Å². The molecule has 7 nitrogen and oxygen atoms in total. The third kappa shape index (κ3) is 4.57. The zero-order valence-corrected chi connectivity index (χ0v) is 16.8. The van der Waals surface area contributed by atoms with Gasteiger partial charge >= 0.3 is 11.9 Å². The minimum absolute atomic E-state index is 0.104. The van der Waals surface area contributed by atoms with Crippen LogP contribution in [-0.2, 0) is 14.3 Å². The van der Waals surface area contributed by atoms with Gasteiger partial charge in [-0.2, -0.15) is 0 Å². The summed E-state index contributed by atoms with van der Waals surface area (Å²) in [5.41, 5.74) is 1.28. The number of halogens is 1. The van der Waals surface area contributed by atoms with Crippen molar-refractivity contribution in [3.8, 4) is 17.2 Å². The Labute approximate surface area is 172 Å². The molecule has 0 saturated heterocycles. The Kier molecular flexibility index (Phi) is 6.19. The molecule has 0 radical (unpaired) electrons. The first-order valence-corrected chi connectivity index (χ1v) is 9.08. The summed E-state index contributed by atoms with van der Waals surface area (Å²) in [6, 6.07) is 10.1. The fraction of sp³-hybridized carbons (Fsp3) is 0.190. The van der Waals surface area contributed by atoms with Crippen LogP contribution in [0.4, 0.5) is 0 Å². The first-order chi connectivity index (χ1) is 13.9. The molecule has 2 aromatic carbocycles. The molecule has 0 bridgehead atoms. The number of hydrogen-bond donors (Lipinski definition) is 0. The van der Waals surface area contributed by atoms with Crippen molar-refractivity contribution in [3.05, 3.63) is 58.2 Å². The van der Waals surface area contributed by atoms with E-state index in [0.717, 1.165) is 0 Å². The molecule has 0 unspecified atom stereocenters. The van der Waals surface area contributed by atoms with Gasteiger partial charge in [0, 0.05) is 12.0 Å². The summed E-state index contributed by atoms with van der Waals surface area (Å²) in [5, 5.41) is 0.170. The number of nitrogens with zero attached hydrogens (tertiary/aromatic N) is 1. The zero-order valence-electron chi connectivity index (χ0n) is 16.0. The molecule has 8 heteroatoms. The van der Waals surface area contributed by atoms with Crippen LogP contribution in [0, 0.1) is 0 Å². The van der Waals surface area contributed by atoms with Crippen molar-refractivity contribution in [3.63, 3.8) is 0 Å². The van der Waals surface area contributed by atoms with Gasteiger partial charge in [-0.05, 0) is 48.0 Å². The second kappa shape index (κ2) is 8.79. The molecule has 29 heavy (non-hydrogen) atoms. The van der Waals surface area contributed by atoms with E-state index in [9.17, 15) is 9.59 Å². The lowest BCUT2D eigenvalue weighted by atomic mass is 10.1. The maximum Gasteiger partial charge on any atom is 0.363 e. The van der Waals surface area contributed by atoms with E-state index in [1.54, 1.807) is 50.4 Å². The molecule has 0 atom stereocenters. The van der Waals surface area contributed by atoms with Crippen molar-refractivity contribution >= 4 is 35.5 Å². The van der Waals surface area contributed by atoms with Crippen LogP contribution in [0.1, 0.15) is 24.5 Å². The van der Waals surface area contributed by atoms with Crippen molar-refractivity contribution in [1.29, 1.82) is 0 Å². The fourth-order valence-electron chi connectivity index (χ4n) is 2.53. The van der Waals surface area contributed by atoms with Gasteiger partial charge in [-0.25, -0.2) is 9.79 Å². The molecule has 150 valence electrons. The number of methoxy groups -OCH3 is 2. The molecular weight excluding hydrogens is 398 g/mol. The Bertz CT molecular complexity index is 1010. The van der Waals surface area contributed by atoms with Gasteiger partial charge in [0.1, 0.15) is 5.75 Å². The van der Waals surface area contributed by atoms with Crippen LogP contribution in [0.3, 0.4) is 0 Å². The van der Waals surface area contributed by atoms with E-state index < -0.39 is 11.9 Å². The Morgan fingerprint density at radius 3 is 2.52 bits per heavy atom. The predicted octanol–water partition coefficient (Wildman–Crippen LogP) is 4.02. The van der Waals surface area contributed by atoms with E-state index in [0.29, 0.717) is 16.9 Å². The average Bonchev–Trinajstić information content (AvgIpc) is 3.09. The smallest absolute Gasteiger partial charge is 0.363 e.